The van der Waals surface area contributed by atoms with Crippen molar-refractivity contribution in [3.63, 3.8) is 0 Å². The lowest BCUT2D eigenvalue weighted by atomic mass is 10.2. The molecule has 5 heteroatoms. The molecular formula is C11H13N3OS. The highest BCUT2D eigenvalue weighted by Gasteiger charge is 2.02. The lowest BCUT2D eigenvalue weighted by Crippen LogP contribution is -1.95. The van der Waals surface area contributed by atoms with Gasteiger partial charge in [0, 0.05) is 11.1 Å². The number of hydrogen-bond acceptors (Lipinski definition) is 5. The van der Waals surface area contributed by atoms with Gasteiger partial charge in [-0.05, 0) is 25.1 Å². The van der Waals surface area contributed by atoms with Crippen LogP contribution in [0.5, 0.6) is 5.75 Å². The van der Waals surface area contributed by atoms with Crippen molar-refractivity contribution in [3.05, 3.63) is 29.3 Å². The van der Waals surface area contributed by atoms with E-state index in [0.717, 1.165) is 16.5 Å². The van der Waals surface area contributed by atoms with Crippen molar-refractivity contribution in [3.8, 4) is 5.75 Å². The number of nitrogen functional groups attached to an aromatic ring is 1. The van der Waals surface area contributed by atoms with Crippen molar-refractivity contribution in [2.24, 2.45) is 0 Å². The molecule has 0 bridgehead atoms. The maximum Gasteiger partial charge on any atom is 0.187 e. The van der Waals surface area contributed by atoms with E-state index in [2.05, 4.69) is 10.3 Å². The van der Waals surface area contributed by atoms with Gasteiger partial charge in [0.15, 0.2) is 5.13 Å². The molecular weight excluding hydrogens is 222 g/mol. The molecule has 0 atom stereocenters. The molecule has 0 fully saturated rings. The van der Waals surface area contributed by atoms with Crippen LogP contribution in [0, 0.1) is 6.92 Å². The molecule has 84 valence electrons. The van der Waals surface area contributed by atoms with E-state index in [1.54, 1.807) is 18.4 Å². The highest BCUT2D eigenvalue weighted by molar-refractivity contribution is 7.13. The largest absolute Gasteiger partial charge is 0.495 e. The van der Waals surface area contributed by atoms with Crippen molar-refractivity contribution in [2.45, 2.75) is 6.92 Å². The Bertz CT molecular complexity index is 496. The van der Waals surface area contributed by atoms with Gasteiger partial charge in [-0.2, -0.15) is 0 Å². The Kier molecular flexibility index (Phi) is 2.96. The Morgan fingerprint density at radius 2 is 2.25 bits per heavy atom. The first-order valence-electron chi connectivity index (χ1n) is 4.81. The van der Waals surface area contributed by atoms with Crippen LogP contribution in [0.25, 0.3) is 0 Å². The molecule has 4 nitrogen and oxygen atoms in total. The van der Waals surface area contributed by atoms with Crippen molar-refractivity contribution < 1.29 is 4.74 Å². The standard InChI is InChI=1S/C11H13N3OS/c1-7-6-16-11(13-7)14-8-3-4-10(15-2)9(12)5-8/h3-6H,12H2,1-2H3,(H,13,14). The fourth-order valence-electron chi connectivity index (χ4n) is 1.35. The maximum atomic E-state index is 5.81. The number of nitrogens with two attached hydrogens (primary N) is 1. The quantitative estimate of drug-likeness (QED) is 0.803. The minimum atomic E-state index is 0.612. The van der Waals surface area contributed by atoms with E-state index in [4.69, 9.17) is 10.5 Å². The van der Waals surface area contributed by atoms with Crippen LogP contribution >= 0.6 is 11.3 Å². The second-order valence-corrected chi connectivity index (χ2v) is 4.23. The molecule has 1 heterocycles. The van der Waals surface area contributed by atoms with Gasteiger partial charge in [-0.1, -0.05) is 0 Å². The summed E-state index contributed by atoms with van der Waals surface area (Å²) >= 11 is 1.57. The van der Waals surface area contributed by atoms with E-state index in [0.29, 0.717) is 11.4 Å². The third-order valence-corrected chi connectivity index (χ3v) is 2.98. The van der Waals surface area contributed by atoms with Crippen molar-refractivity contribution in [1.82, 2.24) is 4.98 Å². The Labute approximate surface area is 98.1 Å². The summed E-state index contributed by atoms with van der Waals surface area (Å²) in [5, 5.41) is 6.05. The summed E-state index contributed by atoms with van der Waals surface area (Å²) in [6.45, 7) is 1.96. The summed E-state index contributed by atoms with van der Waals surface area (Å²) < 4.78 is 5.09. The van der Waals surface area contributed by atoms with Gasteiger partial charge in [-0.25, -0.2) is 4.98 Å². The van der Waals surface area contributed by atoms with Crippen LogP contribution in [0.15, 0.2) is 23.6 Å². The molecule has 0 spiro atoms. The minimum Gasteiger partial charge on any atom is -0.495 e. The van der Waals surface area contributed by atoms with Gasteiger partial charge in [0.25, 0.3) is 0 Å². The SMILES string of the molecule is COc1ccc(Nc2nc(C)cs2)cc1N. The van der Waals surface area contributed by atoms with Crippen LogP contribution < -0.4 is 15.8 Å². The number of aryl methyl sites for hydroxylation is 1. The Balaban J connectivity index is 2.19. The maximum absolute atomic E-state index is 5.81. The summed E-state index contributed by atoms with van der Waals surface area (Å²) in [5.41, 5.74) is 8.34. The highest BCUT2D eigenvalue weighted by atomic mass is 32.1. The van der Waals surface area contributed by atoms with E-state index in [1.807, 2.05) is 30.5 Å². The van der Waals surface area contributed by atoms with Crippen LogP contribution in [0.1, 0.15) is 5.69 Å². The topological polar surface area (TPSA) is 60.2 Å². The zero-order valence-electron chi connectivity index (χ0n) is 9.15. The lowest BCUT2D eigenvalue weighted by molar-refractivity contribution is 0.417. The van der Waals surface area contributed by atoms with Crippen LogP contribution in [0.3, 0.4) is 0 Å². The fraction of sp³-hybridized carbons (Fsp3) is 0.182. The molecule has 16 heavy (non-hydrogen) atoms. The van der Waals surface area contributed by atoms with Gasteiger partial charge in [0.05, 0.1) is 18.5 Å². The summed E-state index contributed by atoms with van der Waals surface area (Å²) in [4.78, 5) is 4.31. The number of anilines is 3. The molecule has 0 saturated heterocycles. The van der Waals surface area contributed by atoms with Crippen molar-refractivity contribution in [1.29, 1.82) is 0 Å². The molecule has 0 aliphatic heterocycles. The molecule has 3 N–H and O–H groups in total. The molecule has 0 radical (unpaired) electrons. The van der Waals surface area contributed by atoms with Crippen LogP contribution in [-0.2, 0) is 0 Å². The zero-order valence-corrected chi connectivity index (χ0v) is 9.97. The molecule has 2 rings (SSSR count). The van der Waals surface area contributed by atoms with Gasteiger partial charge in [-0.15, -0.1) is 11.3 Å². The Morgan fingerprint density at radius 1 is 1.44 bits per heavy atom. The molecule has 2 aromatic rings. The number of aromatic nitrogens is 1. The van der Waals surface area contributed by atoms with E-state index < -0.39 is 0 Å². The number of methoxy groups -OCH3 is 1. The third kappa shape index (κ3) is 2.25. The molecule has 0 amide bonds. The molecule has 0 aliphatic rings. The van der Waals surface area contributed by atoms with Gasteiger partial charge in [0.2, 0.25) is 0 Å². The summed E-state index contributed by atoms with van der Waals surface area (Å²) in [5.74, 6) is 0.681. The number of nitrogens with zero attached hydrogens (tertiary/aromatic N) is 1. The molecule has 0 unspecified atom stereocenters. The second-order valence-electron chi connectivity index (χ2n) is 3.38. The van der Waals surface area contributed by atoms with Gasteiger partial charge < -0.3 is 15.8 Å². The molecule has 1 aromatic carbocycles. The van der Waals surface area contributed by atoms with E-state index in [1.165, 1.54) is 0 Å². The second kappa shape index (κ2) is 4.40. The van der Waals surface area contributed by atoms with Crippen LogP contribution in [-0.4, -0.2) is 12.1 Å². The highest BCUT2D eigenvalue weighted by Crippen LogP contribution is 2.27. The Hall–Kier alpha value is -1.75. The van der Waals surface area contributed by atoms with Crippen LogP contribution in [0.4, 0.5) is 16.5 Å². The number of nitrogens with one attached hydrogen (secondary N) is 1. The average Bonchev–Trinajstić information content (AvgIpc) is 2.64. The third-order valence-electron chi connectivity index (χ3n) is 2.10. The normalized spacial score (nSPS) is 10.1. The Morgan fingerprint density at radius 3 is 2.81 bits per heavy atom. The fourth-order valence-corrected chi connectivity index (χ4v) is 2.06. The summed E-state index contributed by atoms with van der Waals surface area (Å²) in [6.07, 6.45) is 0. The van der Waals surface area contributed by atoms with Crippen molar-refractivity contribution >= 4 is 27.8 Å². The molecule has 1 aromatic heterocycles. The number of thiazole rings is 1. The van der Waals surface area contributed by atoms with Crippen molar-refractivity contribution in [2.75, 3.05) is 18.2 Å². The van der Waals surface area contributed by atoms with Crippen LogP contribution in [0.2, 0.25) is 0 Å². The minimum absolute atomic E-state index is 0.612. The van der Waals surface area contributed by atoms with Gasteiger partial charge in [0.1, 0.15) is 5.75 Å². The monoisotopic (exact) mass is 235 g/mol. The number of hydrogen-bond donors (Lipinski definition) is 2. The first kappa shape index (κ1) is 10.8. The molecule has 0 saturated carbocycles. The average molecular weight is 235 g/mol. The smallest absolute Gasteiger partial charge is 0.187 e. The summed E-state index contributed by atoms with van der Waals surface area (Å²) in [6, 6.07) is 5.57. The van der Waals surface area contributed by atoms with Gasteiger partial charge in [-0.3, -0.25) is 0 Å². The van der Waals surface area contributed by atoms with Gasteiger partial charge >= 0.3 is 0 Å². The van der Waals surface area contributed by atoms with E-state index in [9.17, 15) is 0 Å². The number of rotatable bonds is 3. The van der Waals surface area contributed by atoms with E-state index >= 15 is 0 Å². The predicted octanol–water partition coefficient (Wildman–Crippen LogP) is 2.79. The predicted molar refractivity (Wildman–Crippen MR) is 67.5 cm³/mol. The van der Waals surface area contributed by atoms with E-state index in [-0.39, 0.29) is 0 Å². The number of benzene rings is 1. The lowest BCUT2D eigenvalue weighted by Gasteiger charge is -2.07. The first-order chi connectivity index (χ1) is 7.69. The number of ether oxygens (including phenoxy) is 1. The first-order valence-corrected chi connectivity index (χ1v) is 5.69. The zero-order chi connectivity index (χ0) is 11.5. The molecule has 0 aliphatic carbocycles. The summed E-state index contributed by atoms with van der Waals surface area (Å²) in [7, 11) is 1.60.